The molecule has 110 valence electrons. The monoisotopic (exact) mass is 311 g/mol. The zero-order valence-corrected chi connectivity index (χ0v) is 11.6. The van der Waals surface area contributed by atoms with Gasteiger partial charge in [-0.05, 0) is 11.6 Å². The van der Waals surface area contributed by atoms with Crippen LogP contribution in [0.3, 0.4) is 0 Å². The molecule has 1 aromatic heterocycles. The van der Waals surface area contributed by atoms with Crippen molar-refractivity contribution in [2.75, 3.05) is 7.11 Å². The number of ether oxygens (including phenoxy) is 1. The fraction of sp³-hybridized carbons (Fsp3) is 0.167. The molecule has 0 saturated carbocycles. The van der Waals surface area contributed by atoms with E-state index in [1.807, 2.05) is 4.98 Å². The summed E-state index contributed by atoms with van der Waals surface area (Å²) in [6.45, 7) is 0.0279. The van der Waals surface area contributed by atoms with E-state index in [4.69, 9.17) is 16.3 Å². The van der Waals surface area contributed by atoms with E-state index in [2.05, 4.69) is 0 Å². The molecule has 1 heterocycles. The van der Waals surface area contributed by atoms with Gasteiger partial charge in [0.05, 0.1) is 18.6 Å². The zero-order valence-electron chi connectivity index (χ0n) is 10.8. The number of rotatable bonds is 4. The highest BCUT2D eigenvalue weighted by molar-refractivity contribution is 6.30. The summed E-state index contributed by atoms with van der Waals surface area (Å²) in [4.78, 5) is 35.2. The third kappa shape index (κ3) is 3.11. The van der Waals surface area contributed by atoms with Crippen molar-refractivity contribution in [3.8, 4) is 5.75 Å². The Morgan fingerprint density at radius 3 is 2.76 bits per heavy atom. The minimum absolute atomic E-state index is 0.0279. The van der Waals surface area contributed by atoms with E-state index < -0.39 is 16.2 Å². The van der Waals surface area contributed by atoms with Crippen LogP contribution >= 0.6 is 11.6 Å². The smallest absolute Gasteiger partial charge is 0.328 e. The zero-order chi connectivity index (χ0) is 15.6. The SMILES string of the molecule is COc1ccc(Cn2cc(Cl)c(=O)[nH]c2=O)cc1[N+](=O)[O-]. The van der Waals surface area contributed by atoms with Gasteiger partial charge < -0.3 is 4.74 Å². The third-order valence-corrected chi connectivity index (χ3v) is 3.03. The van der Waals surface area contributed by atoms with Crippen molar-refractivity contribution in [3.05, 3.63) is 65.9 Å². The van der Waals surface area contributed by atoms with Crippen LogP contribution in [0.5, 0.6) is 5.75 Å². The summed E-state index contributed by atoms with van der Waals surface area (Å²) < 4.78 is 6.04. The standard InChI is InChI=1S/C12H10ClN3O5/c1-21-10-3-2-7(4-9(10)16(19)20)5-15-6-8(13)11(17)14-12(15)18/h2-4,6H,5H2,1H3,(H,14,17,18). The van der Waals surface area contributed by atoms with Crippen LogP contribution in [0.2, 0.25) is 5.02 Å². The number of nitro benzene ring substituents is 1. The maximum atomic E-state index is 11.6. The predicted molar refractivity (Wildman–Crippen MR) is 75.1 cm³/mol. The van der Waals surface area contributed by atoms with Crippen LogP contribution in [0, 0.1) is 10.1 Å². The molecule has 2 aromatic rings. The average Bonchev–Trinajstić information content (AvgIpc) is 2.44. The van der Waals surface area contributed by atoms with Gasteiger partial charge >= 0.3 is 11.4 Å². The Bertz CT molecular complexity index is 811. The molecule has 0 aliphatic carbocycles. The van der Waals surface area contributed by atoms with Crippen molar-refractivity contribution in [2.45, 2.75) is 6.54 Å². The molecule has 1 aromatic carbocycles. The van der Waals surface area contributed by atoms with Crippen molar-refractivity contribution >= 4 is 17.3 Å². The van der Waals surface area contributed by atoms with Crippen LogP contribution in [0.25, 0.3) is 0 Å². The molecular weight excluding hydrogens is 302 g/mol. The number of nitro groups is 1. The molecule has 0 unspecified atom stereocenters. The number of halogens is 1. The molecule has 0 atom stereocenters. The molecule has 2 rings (SSSR count). The molecule has 0 fully saturated rings. The Labute approximate surface area is 122 Å². The Hall–Kier alpha value is -2.61. The highest BCUT2D eigenvalue weighted by Gasteiger charge is 2.15. The minimum atomic E-state index is -0.682. The molecule has 8 nitrogen and oxygen atoms in total. The van der Waals surface area contributed by atoms with E-state index in [1.54, 1.807) is 6.07 Å². The van der Waals surface area contributed by atoms with Crippen molar-refractivity contribution in [1.29, 1.82) is 0 Å². The highest BCUT2D eigenvalue weighted by Crippen LogP contribution is 2.27. The molecule has 21 heavy (non-hydrogen) atoms. The van der Waals surface area contributed by atoms with E-state index in [9.17, 15) is 19.7 Å². The van der Waals surface area contributed by atoms with Crippen LogP contribution in [0.4, 0.5) is 5.69 Å². The lowest BCUT2D eigenvalue weighted by molar-refractivity contribution is -0.385. The second kappa shape index (κ2) is 5.80. The molecule has 0 aliphatic heterocycles. The molecule has 0 bridgehead atoms. The Kier molecular flexibility index (Phi) is 4.08. The van der Waals surface area contributed by atoms with Gasteiger partial charge in [-0.25, -0.2) is 4.79 Å². The summed E-state index contributed by atoms with van der Waals surface area (Å²) in [5.41, 5.74) is -1.05. The van der Waals surface area contributed by atoms with Crippen LogP contribution in [-0.4, -0.2) is 21.6 Å². The molecule has 0 spiro atoms. The molecule has 0 radical (unpaired) electrons. The molecule has 0 aliphatic rings. The van der Waals surface area contributed by atoms with Gasteiger partial charge in [-0.15, -0.1) is 0 Å². The maximum absolute atomic E-state index is 11.6. The first kappa shape index (κ1) is 14.8. The summed E-state index contributed by atoms with van der Waals surface area (Å²) in [7, 11) is 1.33. The van der Waals surface area contributed by atoms with Crippen molar-refractivity contribution < 1.29 is 9.66 Å². The lowest BCUT2D eigenvalue weighted by Gasteiger charge is -2.07. The normalized spacial score (nSPS) is 10.4. The highest BCUT2D eigenvalue weighted by atomic mass is 35.5. The molecule has 0 amide bonds. The number of hydrogen-bond donors (Lipinski definition) is 1. The van der Waals surface area contributed by atoms with E-state index in [-0.39, 0.29) is 23.0 Å². The maximum Gasteiger partial charge on any atom is 0.328 e. The van der Waals surface area contributed by atoms with Crippen LogP contribution in [-0.2, 0) is 6.54 Å². The summed E-state index contributed by atoms with van der Waals surface area (Å²) in [5, 5.41) is 10.8. The van der Waals surface area contributed by atoms with Gasteiger partial charge in [0.15, 0.2) is 5.75 Å². The number of methoxy groups -OCH3 is 1. The van der Waals surface area contributed by atoms with E-state index in [0.29, 0.717) is 5.56 Å². The largest absolute Gasteiger partial charge is 0.490 e. The van der Waals surface area contributed by atoms with Crippen molar-refractivity contribution in [3.63, 3.8) is 0 Å². The summed E-state index contributed by atoms with van der Waals surface area (Å²) in [5.74, 6) is 0.121. The number of aromatic amines is 1. The second-order valence-corrected chi connectivity index (χ2v) is 4.53. The van der Waals surface area contributed by atoms with E-state index in [1.165, 1.54) is 25.4 Å². The van der Waals surface area contributed by atoms with Gasteiger partial charge in [-0.1, -0.05) is 17.7 Å². The van der Waals surface area contributed by atoms with Crippen molar-refractivity contribution in [2.24, 2.45) is 0 Å². The number of hydrogen-bond acceptors (Lipinski definition) is 5. The van der Waals surface area contributed by atoms with Crippen LogP contribution in [0.1, 0.15) is 5.56 Å². The number of aromatic nitrogens is 2. The predicted octanol–water partition coefficient (Wildman–Crippen LogP) is 1.16. The first-order valence-corrected chi connectivity index (χ1v) is 6.10. The fourth-order valence-corrected chi connectivity index (χ4v) is 1.94. The lowest BCUT2D eigenvalue weighted by atomic mass is 10.2. The quantitative estimate of drug-likeness (QED) is 0.673. The van der Waals surface area contributed by atoms with Crippen LogP contribution in [0.15, 0.2) is 34.0 Å². The average molecular weight is 312 g/mol. The third-order valence-electron chi connectivity index (χ3n) is 2.76. The Balaban J connectivity index is 2.43. The first-order valence-electron chi connectivity index (χ1n) is 5.73. The Morgan fingerprint density at radius 1 is 1.43 bits per heavy atom. The van der Waals surface area contributed by atoms with Gasteiger partial charge in [0.2, 0.25) is 0 Å². The second-order valence-electron chi connectivity index (χ2n) is 4.13. The number of nitrogens with zero attached hydrogens (tertiary/aromatic N) is 2. The van der Waals surface area contributed by atoms with E-state index in [0.717, 1.165) is 4.57 Å². The van der Waals surface area contributed by atoms with Crippen LogP contribution < -0.4 is 16.0 Å². The van der Waals surface area contributed by atoms with Gasteiger partial charge in [0.1, 0.15) is 5.02 Å². The number of H-pyrrole nitrogens is 1. The topological polar surface area (TPSA) is 107 Å². The molecule has 0 saturated heterocycles. The molecule has 9 heteroatoms. The van der Waals surface area contributed by atoms with Crippen molar-refractivity contribution in [1.82, 2.24) is 9.55 Å². The minimum Gasteiger partial charge on any atom is -0.490 e. The van der Waals surface area contributed by atoms with Gasteiger partial charge in [0, 0.05) is 12.3 Å². The lowest BCUT2D eigenvalue weighted by Crippen LogP contribution is -2.29. The van der Waals surface area contributed by atoms with Gasteiger partial charge in [0.25, 0.3) is 5.56 Å². The van der Waals surface area contributed by atoms with E-state index >= 15 is 0 Å². The first-order chi connectivity index (χ1) is 9.92. The van der Waals surface area contributed by atoms with Gasteiger partial charge in [-0.3, -0.25) is 24.5 Å². The fourth-order valence-electron chi connectivity index (χ4n) is 1.77. The Morgan fingerprint density at radius 2 is 2.14 bits per heavy atom. The molecule has 1 N–H and O–H groups in total. The van der Waals surface area contributed by atoms with Gasteiger partial charge in [-0.2, -0.15) is 0 Å². The summed E-state index contributed by atoms with van der Waals surface area (Å²) >= 11 is 5.65. The number of benzene rings is 1. The summed E-state index contributed by atoms with van der Waals surface area (Å²) in [6.07, 6.45) is 1.18. The summed E-state index contributed by atoms with van der Waals surface area (Å²) in [6, 6.07) is 4.31. The molecular formula is C12H10ClN3O5. The number of nitrogens with one attached hydrogen (secondary N) is 1.